The first-order chi connectivity index (χ1) is 13.7. The normalized spacial score (nSPS) is 30.8. The standard InChI is InChI=1S/C27H49N/c1-3-5-7-8-9-10-12-20-27(23-28)21-18-26(19-22-27)25-16-14-24(15-17-25)13-11-6-4-2/h24-26H,3-22H2,1-2H3/t24?,25?,26-,27+. The van der Waals surface area contributed by atoms with E-state index in [1.807, 2.05) is 0 Å². The molecule has 2 aliphatic rings. The molecule has 2 saturated carbocycles. The molecule has 0 aromatic carbocycles. The fraction of sp³-hybridized carbons (Fsp3) is 0.963. The van der Waals surface area contributed by atoms with Crippen LogP contribution >= 0.6 is 0 Å². The molecule has 0 radical (unpaired) electrons. The third-order valence-electron chi connectivity index (χ3n) is 8.26. The molecule has 1 nitrogen and oxygen atoms in total. The summed E-state index contributed by atoms with van der Waals surface area (Å²) >= 11 is 0. The Hall–Kier alpha value is -0.510. The molecule has 0 aromatic heterocycles. The highest BCUT2D eigenvalue weighted by Gasteiger charge is 2.38. The molecule has 162 valence electrons. The lowest BCUT2D eigenvalue weighted by atomic mass is 9.63. The zero-order valence-electron chi connectivity index (χ0n) is 19.3. The van der Waals surface area contributed by atoms with Gasteiger partial charge in [-0.15, -0.1) is 0 Å². The largest absolute Gasteiger partial charge is 0.198 e. The van der Waals surface area contributed by atoms with Gasteiger partial charge in [0.25, 0.3) is 0 Å². The van der Waals surface area contributed by atoms with Crippen LogP contribution in [0.3, 0.4) is 0 Å². The van der Waals surface area contributed by atoms with Crippen LogP contribution < -0.4 is 0 Å². The van der Waals surface area contributed by atoms with E-state index in [1.54, 1.807) is 0 Å². The second-order valence-corrected chi connectivity index (χ2v) is 10.4. The van der Waals surface area contributed by atoms with Crippen LogP contribution in [0.4, 0.5) is 0 Å². The van der Waals surface area contributed by atoms with Gasteiger partial charge in [0.05, 0.1) is 11.5 Å². The zero-order valence-corrected chi connectivity index (χ0v) is 19.3. The maximum absolute atomic E-state index is 9.90. The zero-order chi connectivity index (χ0) is 20.1. The maximum Gasteiger partial charge on any atom is 0.0689 e. The molecule has 0 amide bonds. The summed E-state index contributed by atoms with van der Waals surface area (Å²) in [5.74, 6) is 2.95. The van der Waals surface area contributed by atoms with E-state index in [-0.39, 0.29) is 5.41 Å². The van der Waals surface area contributed by atoms with E-state index >= 15 is 0 Å². The van der Waals surface area contributed by atoms with Crippen LogP contribution in [0.25, 0.3) is 0 Å². The number of rotatable bonds is 13. The Labute approximate surface area is 177 Å². The average Bonchev–Trinajstić information content (AvgIpc) is 2.74. The van der Waals surface area contributed by atoms with E-state index in [1.165, 1.54) is 128 Å². The molecule has 0 unspecified atom stereocenters. The van der Waals surface area contributed by atoms with Gasteiger partial charge in [0.15, 0.2) is 0 Å². The van der Waals surface area contributed by atoms with Gasteiger partial charge in [-0.1, -0.05) is 97.3 Å². The molecule has 2 aliphatic carbocycles. The molecule has 0 atom stereocenters. The van der Waals surface area contributed by atoms with E-state index in [0.717, 1.165) is 17.8 Å². The van der Waals surface area contributed by atoms with Gasteiger partial charge in [-0.3, -0.25) is 0 Å². The number of hydrogen-bond acceptors (Lipinski definition) is 1. The Kier molecular flexibility index (Phi) is 11.6. The van der Waals surface area contributed by atoms with Crippen molar-refractivity contribution in [2.75, 3.05) is 0 Å². The second-order valence-electron chi connectivity index (χ2n) is 10.4. The van der Waals surface area contributed by atoms with E-state index < -0.39 is 0 Å². The van der Waals surface area contributed by atoms with Gasteiger partial charge < -0.3 is 0 Å². The lowest BCUT2D eigenvalue weighted by Gasteiger charge is -2.41. The quantitative estimate of drug-likeness (QED) is 0.289. The van der Waals surface area contributed by atoms with Crippen molar-refractivity contribution in [1.82, 2.24) is 0 Å². The van der Waals surface area contributed by atoms with Crippen LogP contribution in [0.2, 0.25) is 0 Å². The maximum atomic E-state index is 9.90. The fourth-order valence-electron chi connectivity index (χ4n) is 6.13. The highest BCUT2D eigenvalue weighted by molar-refractivity contribution is 5.02. The summed E-state index contributed by atoms with van der Waals surface area (Å²) in [4.78, 5) is 0. The van der Waals surface area contributed by atoms with Crippen LogP contribution in [0, 0.1) is 34.5 Å². The Morgan fingerprint density at radius 2 is 1.21 bits per heavy atom. The average molecular weight is 388 g/mol. The summed E-state index contributed by atoms with van der Waals surface area (Å²) in [6.45, 7) is 4.60. The third kappa shape index (κ3) is 8.08. The number of nitriles is 1. The first-order valence-electron chi connectivity index (χ1n) is 13.1. The summed E-state index contributed by atoms with van der Waals surface area (Å²) in [6, 6.07) is 2.79. The van der Waals surface area contributed by atoms with Gasteiger partial charge in [-0.05, 0) is 62.7 Å². The molecule has 0 aromatic rings. The van der Waals surface area contributed by atoms with Crippen LogP contribution in [0.1, 0.15) is 142 Å². The van der Waals surface area contributed by atoms with Gasteiger partial charge in [0.1, 0.15) is 0 Å². The minimum absolute atomic E-state index is 0.0390. The van der Waals surface area contributed by atoms with E-state index in [2.05, 4.69) is 19.9 Å². The molecule has 0 saturated heterocycles. The predicted octanol–water partition coefficient (Wildman–Crippen LogP) is 9.21. The summed E-state index contributed by atoms with van der Waals surface area (Å²) in [5, 5.41) is 9.90. The van der Waals surface area contributed by atoms with Crippen LogP contribution in [-0.2, 0) is 0 Å². The van der Waals surface area contributed by atoms with Crippen molar-refractivity contribution in [2.24, 2.45) is 23.2 Å². The van der Waals surface area contributed by atoms with Crippen molar-refractivity contribution in [3.8, 4) is 6.07 Å². The smallest absolute Gasteiger partial charge is 0.0689 e. The molecular formula is C27H49N. The fourth-order valence-corrected chi connectivity index (χ4v) is 6.13. The molecule has 28 heavy (non-hydrogen) atoms. The van der Waals surface area contributed by atoms with Crippen molar-refractivity contribution in [3.63, 3.8) is 0 Å². The van der Waals surface area contributed by atoms with Gasteiger partial charge in [-0.2, -0.15) is 5.26 Å². The molecular weight excluding hydrogens is 338 g/mol. The predicted molar refractivity (Wildman–Crippen MR) is 122 cm³/mol. The van der Waals surface area contributed by atoms with E-state index in [0.29, 0.717) is 0 Å². The summed E-state index contributed by atoms with van der Waals surface area (Å²) in [7, 11) is 0. The molecule has 0 bridgehead atoms. The van der Waals surface area contributed by atoms with Gasteiger partial charge in [0, 0.05) is 0 Å². The van der Waals surface area contributed by atoms with Crippen LogP contribution in [-0.4, -0.2) is 0 Å². The van der Waals surface area contributed by atoms with Crippen molar-refractivity contribution in [1.29, 1.82) is 5.26 Å². The molecule has 2 fully saturated rings. The molecule has 2 rings (SSSR count). The topological polar surface area (TPSA) is 23.8 Å². The monoisotopic (exact) mass is 387 g/mol. The molecule has 0 heterocycles. The van der Waals surface area contributed by atoms with Crippen molar-refractivity contribution >= 4 is 0 Å². The third-order valence-corrected chi connectivity index (χ3v) is 8.26. The molecule has 1 heteroatoms. The summed E-state index contributed by atoms with van der Waals surface area (Å²) in [5.41, 5.74) is 0.0390. The Bertz CT molecular complexity index is 418. The van der Waals surface area contributed by atoms with Crippen molar-refractivity contribution in [2.45, 2.75) is 142 Å². The lowest BCUT2D eigenvalue weighted by molar-refractivity contribution is 0.114. The number of nitrogens with zero attached hydrogens (tertiary/aromatic N) is 1. The van der Waals surface area contributed by atoms with Crippen LogP contribution in [0.15, 0.2) is 0 Å². The molecule has 0 N–H and O–H groups in total. The van der Waals surface area contributed by atoms with E-state index in [4.69, 9.17) is 0 Å². The lowest BCUT2D eigenvalue weighted by Crippen LogP contribution is -2.31. The summed E-state index contributed by atoms with van der Waals surface area (Å²) in [6.07, 6.45) is 27.5. The Morgan fingerprint density at radius 3 is 1.82 bits per heavy atom. The van der Waals surface area contributed by atoms with Gasteiger partial charge >= 0.3 is 0 Å². The summed E-state index contributed by atoms with van der Waals surface area (Å²) < 4.78 is 0. The minimum atomic E-state index is 0.0390. The Balaban J connectivity index is 1.62. The first-order valence-corrected chi connectivity index (χ1v) is 13.1. The molecule has 0 aliphatic heterocycles. The van der Waals surface area contributed by atoms with Gasteiger partial charge in [0.2, 0.25) is 0 Å². The Morgan fingerprint density at radius 1 is 0.679 bits per heavy atom. The SMILES string of the molecule is CCCCCCCCC[C@]1(C#N)CC[C@@H](C2CCC(CCCCC)CC2)CC1. The first kappa shape index (κ1) is 23.8. The molecule has 0 spiro atoms. The number of unbranched alkanes of at least 4 members (excludes halogenated alkanes) is 8. The highest BCUT2D eigenvalue weighted by Crippen LogP contribution is 2.47. The van der Waals surface area contributed by atoms with E-state index in [9.17, 15) is 5.26 Å². The second kappa shape index (κ2) is 13.7. The van der Waals surface area contributed by atoms with Crippen molar-refractivity contribution in [3.05, 3.63) is 0 Å². The highest BCUT2D eigenvalue weighted by atomic mass is 14.4. The number of hydrogen-bond donors (Lipinski definition) is 0. The minimum Gasteiger partial charge on any atom is -0.198 e. The van der Waals surface area contributed by atoms with Crippen molar-refractivity contribution < 1.29 is 0 Å². The van der Waals surface area contributed by atoms with Gasteiger partial charge in [-0.25, -0.2) is 0 Å². The van der Waals surface area contributed by atoms with Crippen LogP contribution in [0.5, 0.6) is 0 Å².